The Labute approximate surface area is 103 Å². The van der Waals surface area contributed by atoms with Gasteiger partial charge in [-0.15, -0.1) is 0 Å². The number of primary amides is 2. The number of carbonyl (C=O) groups excluding carboxylic acids is 2. The van der Waals surface area contributed by atoms with Gasteiger partial charge >= 0.3 is 0 Å². The van der Waals surface area contributed by atoms with Crippen LogP contribution >= 0.6 is 0 Å². The van der Waals surface area contributed by atoms with E-state index < -0.39 is 11.8 Å². The highest BCUT2D eigenvalue weighted by atomic mass is 16.1. The van der Waals surface area contributed by atoms with E-state index in [1.54, 1.807) is 41.2 Å². The summed E-state index contributed by atoms with van der Waals surface area (Å²) in [5.74, 6) is -1.02. The second-order valence-electron chi connectivity index (χ2n) is 3.82. The number of amides is 2. The van der Waals surface area contributed by atoms with E-state index in [-0.39, 0.29) is 5.69 Å². The maximum Gasteiger partial charge on any atom is 0.269 e. The molecule has 2 amide bonds. The lowest BCUT2D eigenvalue weighted by molar-refractivity contribution is 0.0988. The fourth-order valence-corrected chi connectivity index (χ4v) is 1.54. The predicted octanol–water partition coefficient (Wildman–Crippen LogP) is 0.129. The van der Waals surface area contributed by atoms with E-state index in [1.807, 2.05) is 0 Å². The van der Waals surface area contributed by atoms with Gasteiger partial charge < -0.3 is 11.5 Å². The summed E-state index contributed by atoms with van der Waals surface area (Å²) in [5.41, 5.74) is 11.9. The number of hydrogen-bond donors (Lipinski definition) is 2. The summed E-state index contributed by atoms with van der Waals surface area (Å²) in [4.78, 5) is 21.8. The number of nitrogens with two attached hydrogens (primary N) is 2. The van der Waals surface area contributed by atoms with Crippen LogP contribution in [0.3, 0.4) is 0 Å². The minimum absolute atomic E-state index is 0.226. The third-order valence-corrected chi connectivity index (χ3v) is 2.48. The van der Waals surface area contributed by atoms with Crippen LogP contribution in [0.5, 0.6) is 0 Å². The molecule has 0 atom stereocenters. The molecule has 0 saturated heterocycles. The molecule has 6 nitrogen and oxygen atoms in total. The zero-order valence-corrected chi connectivity index (χ0v) is 9.54. The second-order valence-corrected chi connectivity index (χ2v) is 3.82. The van der Waals surface area contributed by atoms with Gasteiger partial charge in [-0.1, -0.05) is 12.1 Å². The lowest BCUT2D eigenvalue weighted by Gasteiger charge is -2.02. The van der Waals surface area contributed by atoms with Gasteiger partial charge in [-0.05, 0) is 23.8 Å². The molecule has 0 radical (unpaired) electrons. The Balaban J connectivity index is 2.13. The molecule has 0 aliphatic carbocycles. The maximum atomic E-state index is 10.9. The topological polar surface area (TPSA) is 104 Å². The highest BCUT2D eigenvalue weighted by molar-refractivity contribution is 5.92. The van der Waals surface area contributed by atoms with E-state index >= 15 is 0 Å². The minimum Gasteiger partial charge on any atom is -0.366 e. The van der Waals surface area contributed by atoms with E-state index in [1.165, 1.54) is 0 Å². The molecule has 92 valence electrons. The first-order chi connectivity index (χ1) is 8.56. The monoisotopic (exact) mass is 244 g/mol. The Bertz CT molecular complexity index is 586. The summed E-state index contributed by atoms with van der Waals surface area (Å²) >= 11 is 0. The van der Waals surface area contributed by atoms with Crippen molar-refractivity contribution in [2.24, 2.45) is 11.5 Å². The summed E-state index contributed by atoms with van der Waals surface area (Å²) < 4.78 is 1.60. The number of rotatable bonds is 4. The smallest absolute Gasteiger partial charge is 0.269 e. The van der Waals surface area contributed by atoms with Gasteiger partial charge in [0.25, 0.3) is 5.91 Å². The largest absolute Gasteiger partial charge is 0.366 e. The molecule has 0 unspecified atom stereocenters. The van der Waals surface area contributed by atoms with Crippen molar-refractivity contribution in [2.75, 3.05) is 0 Å². The zero-order valence-electron chi connectivity index (χ0n) is 9.54. The Kier molecular flexibility index (Phi) is 3.09. The van der Waals surface area contributed by atoms with E-state index in [9.17, 15) is 9.59 Å². The lowest BCUT2D eigenvalue weighted by atomic mass is 10.1. The van der Waals surface area contributed by atoms with Crippen LogP contribution in [0.25, 0.3) is 0 Å². The van der Waals surface area contributed by atoms with E-state index in [4.69, 9.17) is 11.5 Å². The van der Waals surface area contributed by atoms with Gasteiger partial charge in [-0.25, -0.2) is 0 Å². The molecule has 0 saturated carbocycles. The molecule has 0 spiro atoms. The molecule has 0 aliphatic rings. The van der Waals surface area contributed by atoms with E-state index in [0.717, 1.165) is 5.56 Å². The SMILES string of the molecule is NC(=O)c1ccc(Cn2ccc(C(N)=O)n2)cc1. The van der Waals surface area contributed by atoms with Gasteiger partial charge in [0.05, 0.1) is 6.54 Å². The van der Waals surface area contributed by atoms with Gasteiger partial charge in [-0.3, -0.25) is 14.3 Å². The summed E-state index contributed by atoms with van der Waals surface area (Å²) in [5, 5.41) is 4.01. The fraction of sp³-hybridized carbons (Fsp3) is 0.0833. The van der Waals surface area contributed by atoms with Crippen molar-refractivity contribution in [1.82, 2.24) is 9.78 Å². The zero-order chi connectivity index (χ0) is 13.1. The number of aromatic nitrogens is 2. The molecular formula is C12H12N4O2. The van der Waals surface area contributed by atoms with Gasteiger partial charge in [0.15, 0.2) is 0 Å². The second kappa shape index (κ2) is 4.70. The third kappa shape index (κ3) is 2.54. The molecule has 4 N–H and O–H groups in total. The molecule has 0 bridgehead atoms. The Hall–Kier alpha value is -2.63. The van der Waals surface area contributed by atoms with Gasteiger partial charge in [0.2, 0.25) is 5.91 Å². The van der Waals surface area contributed by atoms with Gasteiger partial charge in [-0.2, -0.15) is 5.10 Å². The molecule has 18 heavy (non-hydrogen) atoms. The van der Waals surface area contributed by atoms with Crippen LogP contribution < -0.4 is 11.5 Å². The summed E-state index contributed by atoms with van der Waals surface area (Å²) in [6, 6.07) is 8.42. The molecule has 1 heterocycles. The summed E-state index contributed by atoms with van der Waals surface area (Å²) in [6.07, 6.45) is 1.67. The molecule has 0 aliphatic heterocycles. The molecule has 2 aromatic rings. The fourth-order valence-electron chi connectivity index (χ4n) is 1.54. The van der Waals surface area contributed by atoms with Crippen LogP contribution in [0.1, 0.15) is 26.4 Å². The summed E-state index contributed by atoms with van der Waals surface area (Å²) in [6.45, 7) is 0.492. The van der Waals surface area contributed by atoms with Crippen LogP contribution in [0.4, 0.5) is 0 Å². The molecule has 0 fully saturated rings. The Morgan fingerprint density at radius 2 is 1.72 bits per heavy atom. The normalized spacial score (nSPS) is 10.2. The van der Waals surface area contributed by atoms with Crippen molar-refractivity contribution in [3.8, 4) is 0 Å². The minimum atomic E-state index is -0.558. The van der Waals surface area contributed by atoms with Crippen LogP contribution in [-0.2, 0) is 6.54 Å². The van der Waals surface area contributed by atoms with Crippen molar-refractivity contribution < 1.29 is 9.59 Å². The predicted molar refractivity (Wildman–Crippen MR) is 64.8 cm³/mol. The van der Waals surface area contributed by atoms with Crippen LogP contribution in [0.15, 0.2) is 36.5 Å². The highest BCUT2D eigenvalue weighted by Crippen LogP contribution is 2.06. The first-order valence-electron chi connectivity index (χ1n) is 5.28. The number of benzene rings is 1. The van der Waals surface area contributed by atoms with Crippen LogP contribution in [-0.4, -0.2) is 21.6 Å². The molecule has 1 aromatic carbocycles. The Morgan fingerprint density at radius 1 is 1.06 bits per heavy atom. The van der Waals surface area contributed by atoms with Crippen LogP contribution in [0.2, 0.25) is 0 Å². The van der Waals surface area contributed by atoms with E-state index in [0.29, 0.717) is 12.1 Å². The van der Waals surface area contributed by atoms with Crippen molar-refractivity contribution in [1.29, 1.82) is 0 Å². The molecule has 6 heteroatoms. The molecule has 1 aromatic heterocycles. The third-order valence-electron chi connectivity index (χ3n) is 2.48. The summed E-state index contributed by atoms with van der Waals surface area (Å²) in [7, 11) is 0. The molecular weight excluding hydrogens is 232 g/mol. The van der Waals surface area contributed by atoms with E-state index in [2.05, 4.69) is 5.10 Å². The van der Waals surface area contributed by atoms with Crippen molar-refractivity contribution >= 4 is 11.8 Å². The average molecular weight is 244 g/mol. The average Bonchev–Trinajstić information content (AvgIpc) is 2.78. The maximum absolute atomic E-state index is 10.9. The van der Waals surface area contributed by atoms with Gasteiger partial charge in [0.1, 0.15) is 5.69 Å². The number of carbonyl (C=O) groups is 2. The number of nitrogens with zero attached hydrogens (tertiary/aromatic N) is 2. The lowest BCUT2D eigenvalue weighted by Crippen LogP contribution is -2.13. The van der Waals surface area contributed by atoms with Crippen molar-refractivity contribution in [3.63, 3.8) is 0 Å². The molecule has 2 rings (SSSR count). The Morgan fingerprint density at radius 3 is 2.22 bits per heavy atom. The quantitative estimate of drug-likeness (QED) is 0.798. The van der Waals surface area contributed by atoms with Crippen molar-refractivity contribution in [3.05, 3.63) is 53.3 Å². The first kappa shape index (κ1) is 11.8. The van der Waals surface area contributed by atoms with Crippen LogP contribution in [0, 0.1) is 0 Å². The first-order valence-corrected chi connectivity index (χ1v) is 5.28. The van der Waals surface area contributed by atoms with Gasteiger partial charge in [0, 0.05) is 11.8 Å². The van der Waals surface area contributed by atoms with Crippen molar-refractivity contribution in [2.45, 2.75) is 6.54 Å². The standard InChI is InChI=1S/C12H12N4O2/c13-11(17)9-3-1-8(2-4-9)7-16-6-5-10(15-16)12(14)18/h1-6H,7H2,(H2,13,17)(H2,14,18). The number of hydrogen-bond acceptors (Lipinski definition) is 3. The highest BCUT2D eigenvalue weighted by Gasteiger charge is 2.05.